The molecule has 3 aromatic rings. The molecule has 0 aliphatic carbocycles. The summed E-state index contributed by atoms with van der Waals surface area (Å²) < 4.78 is 0. The first-order chi connectivity index (χ1) is 56.7. The van der Waals surface area contributed by atoms with Gasteiger partial charge < -0.3 is 134 Å². The van der Waals surface area contributed by atoms with E-state index in [0.717, 1.165) is 6.92 Å². The van der Waals surface area contributed by atoms with Crippen LogP contribution >= 0.6 is 0 Å². The molecule has 34 N–H and O–H groups in total. The molecule has 0 radical (unpaired) electrons. The Morgan fingerprint density at radius 3 is 1.23 bits per heavy atom. The highest BCUT2D eigenvalue weighted by atomic mass is 16.4. The second-order valence-corrected chi connectivity index (χ2v) is 29.9. The van der Waals surface area contributed by atoms with Crippen molar-refractivity contribution in [2.24, 2.45) is 52.2 Å². The number of hydrogen-bond donors (Lipinski definition) is 28. The quantitative estimate of drug-likeness (QED) is 0.0143. The number of benzene rings is 2. The van der Waals surface area contributed by atoms with E-state index in [0.29, 0.717) is 36.1 Å². The van der Waals surface area contributed by atoms with Crippen molar-refractivity contribution in [3.63, 3.8) is 0 Å². The predicted octanol–water partition coefficient (Wildman–Crippen LogP) is -5.29. The number of aliphatic hydroxyl groups is 1. The van der Waals surface area contributed by atoms with E-state index in [1.54, 1.807) is 78.1 Å². The highest BCUT2D eigenvalue weighted by Crippen LogP contribution is 2.18. The number of guanidine groups is 3. The van der Waals surface area contributed by atoms with Gasteiger partial charge in [0.15, 0.2) is 17.9 Å². The molecular weight excluding hydrogens is 1560 g/mol. The molecule has 120 heavy (non-hydrogen) atoms. The lowest BCUT2D eigenvalue weighted by atomic mass is 9.95. The summed E-state index contributed by atoms with van der Waals surface area (Å²) in [4.78, 5) is 204. The van der Waals surface area contributed by atoms with Crippen LogP contribution in [0.5, 0.6) is 5.75 Å². The minimum Gasteiger partial charge on any atom is -0.508 e. The van der Waals surface area contributed by atoms with Gasteiger partial charge >= 0.3 is 5.97 Å². The highest BCUT2D eigenvalue weighted by Gasteiger charge is 2.40. The molecule has 1 heterocycles. The number of nitrogens with two attached hydrogens (primary N) is 6. The van der Waals surface area contributed by atoms with Gasteiger partial charge in [0.05, 0.1) is 24.2 Å². The summed E-state index contributed by atoms with van der Waals surface area (Å²) in [5, 5.41) is 93.0. The fourth-order valence-corrected chi connectivity index (χ4v) is 12.2. The maximum absolute atomic E-state index is 14.8. The molecule has 0 saturated heterocycles. The molecule has 0 saturated carbocycles. The zero-order chi connectivity index (χ0) is 89.9. The minimum atomic E-state index is -1.91. The zero-order valence-electron chi connectivity index (χ0n) is 69.3. The number of aromatic nitrogens is 2. The number of carboxylic acids is 1. The molecule has 2 aromatic carbocycles. The van der Waals surface area contributed by atoms with Crippen LogP contribution in [0.1, 0.15) is 156 Å². The smallest absolute Gasteiger partial charge is 0.326 e. The van der Waals surface area contributed by atoms with Crippen LogP contribution < -0.4 is 114 Å². The summed E-state index contributed by atoms with van der Waals surface area (Å²) in [7, 11) is 0. The van der Waals surface area contributed by atoms with Crippen molar-refractivity contribution in [3.05, 3.63) is 83.9 Å². The number of unbranched alkanes of at least 4 members (excludes halogenated alkanes) is 1. The standard InChI is InChI=1S/C77H126N26O17/c1-9-41(5)59(71(116)92-43(7)62(107)93-53(29-30-57(80)106)66(111)95-50(22-16-32-88-75(81)82)64(109)94-51(23-17-33-89-76(83)84)65(110)97-54(74(119)120)21-14-15-31-78)101-69(114)56(36-46-25-27-48(105)28-26-46)99-73(118)61(44(8)104)103-67(112)52(24-18-34-90-77(85)86)96-70(115)58(40(3)4)100-72(117)60(42(6)10-2)102-68(113)55(35-45-19-12-11-13-20-45)98-63(108)49(79)37-47-38-87-39-91-47/h11-13,19-20,25-28,38-44,49-56,58-61,104-105H,9-10,14-18,21-24,29-37,78-79H2,1-8H3,(H2,80,106)(H,87,91)(H,92,116)(H,93,107)(H,94,109)(H,95,111)(H,96,115)(H,97,110)(H,98,108)(H,99,118)(H,100,117)(H,101,114)(H,102,113)(H,103,112)(H,119,120)(H4,81,82,88)(H4,83,84,89)(H4,85,86,90)/t41-,42-,43-,44+,49-,50-,51-,52-,53-,54-,55-,56-,58-,59-,60-,61-/m0/s1. The monoisotopic (exact) mass is 1690 g/mol. The van der Waals surface area contributed by atoms with E-state index in [1.807, 2.05) is 0 Å². The van der Waals surface area contributed by atoms with Gasteiger partial charge in [-0.2, -0.15) is 0 Å². The SMILES string of the molecule is CC[C@H](C)[C@H](NC(=O)[C@H](Cc1ccc(O)cc1)NC(=O)[C@@H](NC(=O)[C@H](CCCNC(=N)N)NC(=O)[C@@H](NC(=O)[C@@H](NC(=O)[C@H](Cc1ccccc1)NC(=O)[C@@H](N)Cc1c[nH]cn1)[C@@H](C)CC)C(C)C)[C@@H](C)O)C(=O)N[C@@H](C)C(=O)N[C@@H](CCC(N)=O)C(=O)N[C@@H](CCCNC(=N)N)C(=O)N[C@@H](CCCNC(=N)N)C(=O)N[C@@H](CCCCN)C(=O)O. The largest absolute Gasteiger partial charge is 0.508 e. The van der Waals surface area contributed by atoms with E-state index in [2.05, 4.69) is 89.7 Å². The number of aromatic amines is 1. The number of carboxylic acid groups (broad SMARTS) is 1. The number of H-pyrrole nitrogens is 1. The third-order valence-corrected chi connectivity index (χ3v) is 19.6. The molecule has 13 amide bonds. The fraction of sp³-hybridized carbons (Fsp3) is 0.584. The number of hydrogen-bond acceptors (Lipinski definition) is 22. The molecule has 43 nitrogen and oxygen atoms in total. The molecule has 0 aliphatic heterocycles. The van der Waals surface area contributed by atoms with Crippen molar-refractivity contribution >= 4 is 101 Å². The Morgan fingerprint density at radius 1 is 0.433 bits per heavy atom. The van der Waals surface area contributed by atoms with Crippen LogP contribution in [0.2, 0.25) is 0 Å². The van der Waals surface area contributed by atoms with E-state index >= 15 is 0 Å². The van der Waals surface area contributed by atoms with E-state index in [1.165, 1.54) is 37.5 Å². The average molecular weight is 1690 g/mol. The van der Waals surface area contributed by atoms with E-state index in [4.69, 9.17) is 50.6 Å². The van der Waals surface area contributed by atoms with Crippen LogP contribution in [0, 0.1) is 34.0 Å². The van der Waals surface area contributed by atoms with E-state index in [-0.39, 0.29) is 103 Å². The van der Waals surface area contributed by atoms with Crippen molar-refractivity contribution in [1.29, 1.82) is 16.2 Å². The molecule has 0 bridgehead atoms. The van der Waals surface area contributed by atoms with Gasteiger partial charge in [0, 0.05) is 51.5 Å². The average Bonchev–Trinajstić information content (AvgIpc) is 0.858. The Hall–Kier alpha value is -12.3. The van der Waals surface area contributed by atoms with Crippen LogP contribution in [0.3, 0.4) is 0 Å². The van der Waals surface area contributed by atoms with Crippen LogP contribution in [0.4, 0.5) is 0 Å². The number of primary amides is 1. The van der Waals surface area contributed by atoms with E-state index < -0.39 is 216 Å². The van der Waals surface area contributed by atoms with Crippen molar-refractivity contribution in [2.45, 2.75) is 243 Å². The normalized spacial score (nSPS) is 15.1. The number of aromatic hydroxyl groups is 1. The Morgan fingerprint density at radius 2 is 0.808 bits per heavy atom. The topological polar surface area (TPSA) is 736 Å². The Balaban J connectivity index is 1.97. The van der Waals surface area contributed by atoms with Gasteiger partial charge in [-0.3, -0.25) is 78.6 Å². The number of nitrogens with one attached hydrogen (secondary N) is 19. The van der Waals surface area contributed by atoms with Gasteiger partial charge in [-0.15, -0.1) is 0 Å². The Bertz CT molecular complexity index is 3880. The molecule has 0 fully saturated rings. The van der Waals surface area contributed by atoms with Crippen molar-refractivity contribution in [3.8, 4) is 5.75 Å². The summed E-state index contributed by atoms with van der Waals surface area (Å²) in [6.45, 7) is 12.6. The van der Waals surface area contributed by atoms with Gasteiger partial charge in [-0.1, -0.05) is 96.8 Å². The second kappa shape index (κ2) is 53.2. The lowest BCUT2D eigenvalue weighted by Crippen LogP contribution is -2.63. The van der Waals surface area contributed by atoms with E-state index in [9.17, 15) is 82.4 Å². The molecule has 43 heteroatoms. The number of nitrogens with zero attached hydrogens (tertiary/aromatic N) is 1. The van der Waals surface area contributed by atoms with Gasteiger partial charge in [0.2, 0.25) is 76.8 Å². The Labute approximate surface area is 697 Å². The summed E-state index contributed by atoms with van der Waals surface area (Å²) in [5.74, 6) is -17.1. The summed E-state index contributed by atoms with van der Waals surface area (Å²) in [6, 6.07) is -5.13. The maximum atomic E-state index is 14.8. The fourth-order valence-electron chi connectivity index (χ4n) is 12.2. The van der Waals surface area contributed by atoms with Gasteiger partial charge in [0.1, 0.15) is 78.3 Å². The maximum Gasteiger partial charge on any atom is 0.326 e. The third kappa shape index (κ3) is 37.5. The number of carbonyl (C=O) groups excluding carboxylic acids is 13. The van der Waals surface area contributed by atoms with Crippen LogP contribution in [-0.4, -0.2) is 237 Å². The summed E-state index contributed by atoms with van der Waals surface area (Å²) >= 11 is 0. The zero-order valence-corrected chi connectivity index (χ0v) is 69.3. The molecule has 0 spiro atoms. The van der Waals surface area contributed by atoms with Crippen LogP contribution in [-0.2, 0) is 86.4 Å². The first kappa shape index (κ1) is 102. The molecule has 0 unspecified atom stereocenters. The summed E-state index contributed by atoms with van der Waals surface area (Å²) in [6.07, 6.45) is 0.862. The van der Waals surface area contributed by atoms with Gasteiger partial charge in [-0.05, 0) is 126 Å². The highest BCUT2D eigenvalue weighted by molar-refractivity contribution is 6.00. The Kier molecular flexibility index (Phi) is 45.2. The minimum absolute atomic E-state index is 0.00152. The molecule has 3 rings (SSSR count). The number of phenolic OH excluding ortho intramolecular Hbond substituents is 1. The van der Waals surface area contributed by atoms with Crippen molar-refractivity contribution < 1.29 is 82.4 Å². The van der Waals surface area contributed by atoms with Crippen molar-refractivity contribution in [2.75, 3.05) is 26.2 Å². The third-order valence-electron chi connectivity index (χ3n) is 19.6. The van der Waals surface area contributed by atoms with Crippen LogP contribution in [0.15, 0.2) is 67.1 Å². The molecule has 1 aromatic heterocycles. The van der Waals surface area contributed by atoms with Gasteiger partial charge in [0.25, 0.3) is 0 Å². The molecule has 0 aliphatic rings. The number of imidazole rings is 1. The lowest BCUT2D eigenvalue weighted by molar-refractivity contribution is -0.142. The number of aliphatic carboxylic acids is 1. The first-order valence-electron chi connectivity index (χ1n) is 40.0. The van der Waals surface area contributed by atoms with Gasteiger partial charge in [-0.25, -0.2) is 9.78 Å². The molecule has 666 valence electrons. The number of carbonyl (C=O) groups is 14. The number of aliphatic hydroxyl groups excluding tert-OH is 1. The predicted molar refractivity (Wildman–Crippen MR) is 443 cm³/mol. The molecular formula is C77H126N26O17. The number of phenols is 1. The first-order valence-corrected chi connectivity index (χ1v) is 40.0. The second-order valence-electron chi connectivity index (χ2n) is 29.9. The summed E-state index contributed by atoms with van der Waals surface area (Å²) in [5.41, 5.74) is 35.3. The number of rotatable bonds is 56. The van der Waals surface area contributed by atoms with Crippen molar-refractivity contribution in [1.82, 2.24) is 89.7 Å². The van der Waals surface area contributed by atoms with Crippen LogP contribution in [0.25, 0.3) is 0 Å². The number of amides is 13. The molecule has 16 atom stereocenters. The lowest BCUT2D eigenvalue weighted by Gasteiger charge is -2.31.